The van der Waals surface area contributed by atoms with Crippen LogP contribution >= 0.6 is 27.5 Å². The second-order valence-corrected chi connectivity index (χ2v) is 9.92. The minimum atomic E-state index is -4.00. The zero-order valence-electron chi connectivity index (χ0n) is 16.4. The third-order valence-electron chi connectivity index (χ3n) is 4.62. The van der Waals surface area contributed by atoms with Gasteiger partial charge in [-0.15, -0.1) is 0 Å². The molecule has 0 spiro atoms. The molecule has 0 fully saturated rings. The Kier molecular flexibility index (Phi) is 6.85. The van der Waals surface area contributed by atoms with Gasteiger partial charge in [-0.05, 0) is 89.4 Å². The Balaban J connectivity index is 1.99. The monoisotopic (exact) mass is 506 g/mol. The van der Waals surface area contributed by atoms with Crippen LogP contribution in [0.5, 0.6) is 0 Å². The third-order valence-corrected chi connectivity index (χ3v) is 7.35. The highest BCUT2D eigenvalue weighted by atomic mass is 79.9. The minimum Gasteiger partial charge on any atom is -0.323 e. The normalized spacial score (nSPS) is 11.2. The van der Waals surface area contributed by atoms with E-state index in [1.54, 1.807) is 30.3 Å². The van der Waals surface area contributed by atoms with Crippen LogP contribution in [0.4, 0.5) is 11.4 Å². The van der Waals surface area contributed by atoms with Gasteiger partial charge in [-0.25, -0.2) is 8.42 Å². The molecular formula is C22H20BrClN2O3S. The number of hydrogen-bond acceptors (Lipinski definition) is 3. The van der Waals surface area contributed by atoms with Gasteiger partial charge in [0.25, 0.3) is 10.0 Å². The van der Waals surface area contributed by atoms with E-state index in [0.29, 0.717) is 20.9 Å². The maximum atomic E-state index is 13.4. The van der Waals surface area contributed by atoms with Gasteiger partial charge in [-0.2, -0.15) is 0 Å². The number of anilines is 2. The van der Waals surface area contributed by atoms with E-state index in [4.69, 9.17) is 11.6 Å². The van der Waals surface area contributed by atoms with Gasteiger partial charge in [0.05, 0.1) is 16.3 Å². The van der Waals surface area contributed by atoms with Gasteiger partial charge in [0.15, 0.2) is 0 Å². The number of nitrogens with one attached hydrogen (secondary N) is 1. The molecule has 5 nitrogen and oxygen atoms in total. The number of sulfonamides is 1. The average Bonchev–Trinajstić information content (AvgIpc) is 2.70. The molecule has 156 valence electrons. The number of hydrogen-bond donors (Lipinski definition) is 1. The molecule has 0 heterocycles. The van der Waals surface area contributed by atoms with Crippen molar-refractivity contribution < 1.29 is 13.2 Å². The second kappa shape index (κ2) is 9.20. The summed E-state index contributed by atoms with van der Waals surface area (Å²) in [6, 6.07) is 18.3. The molecule has 1 amide bonds. The summed E-state index contributed by atoms with van der Waals surface area (Å²) in [4.78, 5) is 12.8. The number of amides is 1. The third kappa shape index (κ3) is 5.03. The number of para-hydroxylation sites is 1. The molecule has 3 rings (SSSR count). The first-order chi connectivity index (χ1) is 14.2. The quantitative estimate of drug-likeness (QED) is 0.475. The van der Waals surface area contributed by atoms with E-state index in [-0.39, 0.29) is 11.4 Å². The van der Waals surface area contributed by atoms with Crippen LogP contribution < -0.4 is 9.62 Å². The first-order valence-electron chi connectivity index (χ1n) is 9.08. The average molecular weight is 508 g/mol. The second-order valence-electron chi connectivity index (χ2n) is 6.76. The van der Waals surface area contributed by atoms with Crippen molar-refractivity contribution in [2.24, 2.45) is 0 Å². The van der Waals surface area contributed by atoms with Crippen LogP contribution in [-0.4, -0.2) is 20.9 Å². The Bertz CT molecular complexity index is 1180. The molecule has 0 aliphatic rings. The molecule has 3 aromatic carbocycles. The summed E-state index contributed by atoms with van der Waals surface area (Å²) < 4.78 is 28.6. The van der Waals surface area contributed by atoms with Crippen LogP contribution in [0.25, 0.3) is 0 Å². The SMILES string of the molecule is Cc1ccc(N(CC(=O)Nc2ccccc2Br)S(=O)(=O)c2ccc(Cl)cc2)cc1C. The number of carbonyl (C=O) groups excluding carboxylic acids is 1. The lowest BCUT2D eigenvalue weighted by atomic mass is 10.1. The van der Waals surface area contributed by atoms with Gasteiger partial charge in [0.2, 0.25) is 5.91 Å². The molecule has 8 heteroatoms. The minimum absolute atomic E-state index is 0.0545. The van der Waals surface area contributed by atoms with Crippen molar-refractivity contribution in [2.75, 3.05) is 16.2 Å². The zero-order chi connectivity index (χ0) is 21.9. The molecule has 3 aromatic rings. The van der Waals surface area contributed by atoms with E-state index in [2.05, 4.69) is 21.2 Å². The molecule has 30 heavy (non-hydrogen) atoms. The topological polar surface area (TPSA) is 66.5 Å². The number of carbonyl (C=O) groups is 1. The van der Waals surface area contributed by atoms with E-state index in [1.807, 2.05) is 26.0 Å². The first-order valence-corrected chi connectivity index (χ1v) is 11.7. The fourth-order valence-corrected chi connectivity index (χ4v) is 4.74. The molecule has 1 N–H and O–H groups in total. The molecule has 0 atom stereocenters. The number of rotatable bonds is 6. The van der Waals surface area contributed by atoms with Crippen LogP contribution in [0.2, 0.25) is 5.02 Å². The van der Waals surface area contributed by atoms with Crippen LogP contribution in [0.3, 0.4) is 0 Å². The Morgan fingerprint density at radius 1 is 1.00 bits per heavy atom. The van der Waals surface area contributed by atoms with Crippen LogP contribution in [0.15, 0.2) is 76.1 Å². The van der Waals surface area contributed by atoms with E-state index in [1.165, 1.54) is 24.3 Å². The Hall–Kier alpha value is -2.35. The van der Waals surface area contributed by atoms with E-state index in [9.17, 15) is 13.2 Å². The predicted molar refractivity (Wildman–Crippen MR) is 125 cm³/mol. The molecule has 0 aliphatic carbocycles. The lowest BCUT2D eigenvalue weighted by Crippen LogP contribution is -2.38. The summed E-state index contributed by atoms with van der Waals surface area (Å²) in [6.07, 6.45) is 0. The van der Waals surface area contributed by atoms with Crippen molar-refractivity contribution in [3.05, 3.63) is 87.4 Å². The Morgan fingerprint density at radius 2 is 1.67 bits per heavy atom. The molecule has 0 aliphatic heterocycles. The molecule has 0 unspecified atom stereocenters. The fraction of sp³-hybridized carbons (Fsp3) is 0.136. The van der Waals surface area contributed by atoms with Crippen molar-refractivity contribution in [3.8, 4) is 0 Å². The highest BCUT2D eigenvalue weighted by molar-refractivity contribution is 9.10. The lowest BCUT2D eigenvalue weighted by molar-refractivity contribution is -0.114. The zero-order valence-corrected chi connectivity index (χ0v) is 19.6. The Morgan fingerprint density at radius 3 is 2.30 bits per heavy atom. The highest BCUT2D eigenvalue weighted by Gasteiger charge is 2.27. The summed E-state index contributed by atoms with van der Waals surface area (Å²) in [6.45, 7) is 3.46. The lowest BCUT2D eigenvalue weighted by Gasteiger charge is -2.25. The van der Waals surface area contributed by atoms with E-state index < -0.39 is 15.9 Å². The smallest absolute Gasteiger partial charge is 0.264 e. The predicted octanol–water partition coefficient (Wildman–Crippen LogP) is 5.55. The number of halogens is 2. The van der Waals surface area contributed by atoms with Gasteiger partial charge < -0.3 is 5.32 Å². The summed E-state index contributed by atoms with van der Waals surface area (Å²) in [7, 11) is -4.00. The van der Waals surface area contributed by atoms with Gasteiger partial charge in [0.1, 0.15) is 6.54 Å². The van der Waals surface area contributed by atoms with Crippen molar-refractivity contribution in [3.63, 3.8) is 0 Å². The maximum absolute atomic E-state index is 13.4. The Labute approximate surface area is 189 Å². The molecule has 0 saturated carbocycles. The molecule has 0 bridgehead atoms. The van der Waals surface area contributed by atoms with Crippen molar-refractivity contribution >= 4 is 54.8 Å². The first kappa shape index (κ1) is 22.3. The van der Waals surface area contributed by atoms with Gasteiger partial charge in [0, 0.05) is 9.50 Å². The summed E-state index contributed by atoms with van der Waals surface area (Å²) in [5, 5.41) is 3.19. The summed E-state index contributed by atoms with van der Waals surface area (Å²) in [5.74, 6) is -0.460. The number of nitrogens with zero attached hydrogens (tertiary/aromatic N) is 1. The number of aryl methyl sites for hydroxylation is 2. The van der Waals surface area contributed by atoms with Gasteiger partial charge >= 0.3 is 0 Å². The molecule has 0 radical (unpaired) electrons. The highest BCUT2D eigenvalue weighted by Crippen LogP contribution is 2.27. The van der Waals surface area contributed by atoms with Crippen LogP contribution in [0, 0.1) is 13.8 Å². The fourth-order valence-electron chi connectivity index (χ4n) is 2.81. The van der Waals surface area contributed by atoms with Gasteiger partial charge in [-0.3, -0.25) is 9.10 Å². The molecule has 0 aromatic heterocycles. The number of benzene rings is 3. The summed E-state index contributed by atoms with van der Waals surface area (Å²) >= 11 is 9.29. The van der Waals surface area contributed by atoms with Gasteiger partial charge in [-0.1, -0.05) is 29.8 Å². The maximum Gasteiger partial charge on any atom is 0.264 e. The molecular weight excluding hydrogens is 488 g/mol. The van der Waals surface area contributed by atoms with Crippen molar-refractivity contribution in [2.45, 2.75) is 18.7 Å². The standard InChI is InChI=1S/C22H20BrClN2O3S/c1-15-7-10-18(13-16(15)2)26(30(28,29)19-11-8-17(24)9-12-19)14-22(27)25-21-6-4-3-5-20(21)23/h3-13H,14H2,1-2H3,(H,25,27). The molecule has 0 saturated heterocycles. The van der Waals surface area contributed by atoms with Crippen molar-refractivity contribution in [1.29, 1.82) is 0 Å². The summed E-state index contributed by atoms with van der Waals surface area (Å²) in [5.41, 5.74) is 2.93. The largest absolute Gasteiger partial charge is 0.323 e. The van der Waals surface area contributed by atoms with E-state index in [0.717, 1.165) is 15.4 Å². The van der Waals surface area contributed by atoms with Crippen LogP contribution in [-0.2, 0) is 14.8 Å². The van der Waals surface area contributed by atoms with Crippen molar-refractivity contribution in [1.82, 2.24) is 0 Å². The van der Waals surface area contributed by atoms with E-state index >= 15 is 0 Å². The van der Waals surface area contributed by atoms with Crippen LogP contribution in [0.1, 0.15) is 11.1 Å².